The lowest BCUT2D eigenvalue weighted by Crippen LogP contribution is -2.10. The van der Waals surface area contributed by atoms with E-state index in [1.165, 1.54) is 12.1 Å². The molecule has 1 aromatic rings. The summed E-state index contributed by atoms with van der Waals surface area (Å²) in [6.45, 7) is 0. The van der Waals surface area contributed by atoms with Crippen molar-refractivity contribution in [1.29, 1.82) is 0 Å². The van der Waals surface area contributed by atoms with Crippen molar-refractivity contribution >= 4 is 0 Å². The summed E-state index contributed by atoms with van der Waals surface area (Å²) in [5, 5.41) is 0. The Bertz CT molecular complexity index is 385. The lowest BCUT2D eigenvalue weighted by Gasteiger charge is -2.10. The first kappa shape index (κ1) is 10.4. The topological polar surface area (TPSA) is 26.0 Å². The molecule has 1 fully saturated rings. The van der Waals surface area contributed by atoms with Gasteiger partial charge in [-0.3, -0.25) is 0 Å². The molecular weight excluding hydrogens is 210 g/mol. The molecule has 0 aliphatic heterocycles. The van der Waals surface area contributed by atoms with Crippen LogP contribution in [0.3, 0.4) is 0 Å². The molecule has 1 nitrogen and oxygen atoms in total. The van der Waals surface area contributed by atoms with Crippen molar-refractivity contribution in [1.82, 2.24) is 0 Å². The Morgan fingerprint density at radius 2 is 1.87 bits per heavy atom. The Labute approximate surface area is 83.9 Å². The van der Waals surface area contributed by atoms with Gasteiger partial charge in [0, 0.05) is 12.0 Å². The Morgan fingerprint density at radius 1 is 1.27 bits per heavy atom. The molecule has 0 unspecified atom stereocenters. The monoisotopic (exact) mass is 219 g/mol. The number of halogens is 4. The zero-order valence-corrected chi connectivity index (χ0v) is 7.68. The number of benzene rings is 1. The first-order valence-electron chi connectivity index (χ1n) is 4.52. The van der Waals surface area contributed by atoms with Gasteiger partial charge in [0.15, 0.2) is 0 Å². The zero-order chi connectivity index (χ0) is 11.2. The molecule has 2 atom stereocenters. The molecule has 15 heavy (non-hydrogen) atoms. The van der Waals surface area contributed by atoms with Gasteiger partial charge < -0.3 is 5.73 Å². The number of rotatable bonds is 1. The third-order valence-electron chi connectivity index (χ3n) is 2.57. The number of nitrogens with two attached hydrogens (primary N) is 1. The summed E-state index contributed by atoms with van der Waals surface area (Å²) in [7, 11) is 0. The first-order chi connectivity index (χ1) is 6.91. The summed E-state index contributed by atoms with van der Waals surface area (Å²) >= 11 is 0. The summed E-state index contributed by atoms with van der Waals surface area (Å²) in [5.41, 5.74) is 4.35. The van der Waals surface area contributed by atoms with Gasteiger partial charge in [0.2, 0.25) is 0 Å². The lowest BCUT2D eigenvalue weighted by atomic mass is 10.1. The van der Waals surface area contributed by atoms with Gasteiger partial charge in [0.1, 0.15) is 5.82 Å². The molecule has 5 heteroatoms. The van der Waals surface area contributed by atoms with Crippen LogP contribution in [-0.2, 0) is 6.18 Å². The molecule has 0 aromatic heterocycles. The lowest BCUT2D eigenvalue weighted by molar-refractivity contribution is -0.140. The van der Waals surface area contributed by atoms with E-state index in [1.54, 1.807) is 0 Å². The zero-order valence-electron chi connectivity index (χ0n) is 7.68. The molecule has 0 heterocycles. The van der Waals surface area contributed by atoms with Crippen LogP contribution < -0.4 is 5.73 Å². The van der Waals surface area contributed by atoms with Crippen LogP contribution >= 0.6 is 0 Å². The number of hydrogen-bond donors (Lipinski definition) is 1. The molecule has 1 aliphatic rings. The van der Waals surface area contributed by atoms with Crippen LogP contribution in [0, 0.1) is 5.82 Å². The van der Waals surface area contributed by atoms with Gasteiger partial charge in [-0.05, 0) is 18.1 Å². The molecule has 1 aromatic carbocycles. The maximum Gasteiger partial charge on any atom is 0.419 e. The molecule has 0 saturated heterocycles. The van der Waals surface area contributed by atoms with Crippen LogP contribution in [0.2, 0.25) is 0 Å². The molecule has 2 rings (SSSR count). The largest absolute Gasteiger partial charge is 0.419 e. The molecule has 2 N–H and O–H groups in total. The van der Waals surface area contributed by atoms with Crippen LogP contribution in [0.15, 0.2) is 18.2 Å². The second-order valence-corrected chi connectivity index (χ2v) is 3.71. The summed E-state index contributed by atoms with van der Waals surface area (Å²) in [4.78, 5) is 0. The van der Waals surface area contributed by atoms with Crippen LogP contribution in [0.4, 0.5) is 17.6 Å². The van der Waals surface area contributed by atoms with Gasteiger partial charge in [-0.15, -0.1) is 0 Å². The van der Waals surface area contributed by atoms with E-state index in [-0.39, 0.29) is 17.5 Å². The molecular formula is C10H9F4N. The third-order valence-corrected chi connectivity index (χ3v) is 2.57. The minimum absolute atomic E-state index is 0.0809. The van der Waals surface area contributed by atoms with Gasteiger partial charge in [-0.1, -0.05) is 12.1 Å². The fraction of sp³-hybridized carbons (Fsp3) is 0.400. The van der Waals surface area contributed by atoms with E-state index in [1.807, 2.05) is 0 Å². The molecule has 1 aliphatic carbocycles. The minimum Gasteiger partial charge on any atom is -0.327 e. The standard InChI is InChI=1S/C10H9F4N/c11-9-5(6-4-8(6)15)2-1-3-7(9)10(12,13)14/h1-3,6,8H,4,15H2/t6-,8+/m0/s1. The highest BCUT2D eigenvalue weighted by molar-refractivity contribution is 5.34. The van der Waals surface area contributed by atoms with Crippen LogP contribution in [-0.4, -0.2) is 6.04 Å². The maximum absolute atomic E-state index is 13.5. The van der Waals surface area contributed by atoms with Gasteiger partial charge >= 0.3 is 6.18 Å². The summed E-state index contributed by atoms with van der Waals surface area (Å²) in [6.07, 6.45) is -4.09. The second-order valence-electron chi connectivity index (χ2n) is 3.71. The van der Waals surface area contributed by atoms with Crippen LogP contribution in [0.5, 0.6) is 0 Å². The molecule has 0 bridgehead atoms. The number of hydrogen-bond acceptors (Lipinski definition) is 1. The molecule has 1 saturated carbocycles. The van der Waals surface area contributed by atoms with Crippen LogP contribution in [0.25, 0.3) is 0 Å². The van der Waals surface area contributed by atoms with Crippen molar-refractivity contribution in [3.05, 3.63) is 35.1 Å². The summed E-state index contributed by atoms with van der Waals surface area (Å²) in [6, 6.07) is 3.11. The van der Waals surface area contributed by atoms with Gasteiger partial charge in [0.05, 0.1) is 5.56 Å². The van der Waals surface area contributed by atoms with Gasteiger partial charge in [-0.2, -0.15) is 13.2 Å². The van der Waals surface area contributed by atoms with E-state index in [9.17, 15) is 17.6 Å². The Hall–Kier alpha value is -1.10. The van der Waals surface area contributed by atoms with E-state index < -0.39 is 17.6 Å². The van der Waals surface area contributed by atoms with E-state index in [0.717, 1.165) is 6.07 Å². The van der Waals surface area contributed by atoms with E-state index in [0.29, 0.717) is 6.42 Å². The molecule has 0 spiro atoms. The SMILES string of the molecule is N[C@@H]1C[C@H]1c1cccc(C(F)(F)F)c1F. The average molecular weight is 219 g/mol. The molecule has 0 radical (unpaired) electrons. The predicted molar refractivity (Wildman–Crippen MR) is 46.7 cm³/mol. The Morgan fingerprint density at radius 3 is 2.33 bits per heavy atom. The van der Waals surface area contributed by atoms with Gasteiger partial charge in [-0.25, -0.2) is 4.39 Å². The van der Waals surface area contributed by atoms with Gasteiger partial charge in [0.25, 0.3) is 0 Å². The second kappa shape index (κ2) is 3.20. The first-order valence-corrected chi connectivity index (χ1v) is 4.52. The highest BCUT2D eigenvalue weighted by atomic mass is 19.4. The van der Waals surface area contributed by atoms with Crippen molar-refractivity contribution in [3.63, 3.8) is 0 Å². The Balaban J connectivity index is 2.42. The fourth-order valence-electron chi connectivity index (χ4n) is 1.63. The highest BCUT2D eigenvalue weighted by Crippen LogP contribution is 2.42. The summed E-state index contributed by atoms with van der Waals surface area (Å²) in [5.74, 6) is -1.43. The normalized spacial score (nSPS) is 25.4. The van der Waals surface area contributed by atoms with Crippen molar-refractivity contribution < 1.29 is 17.6 Å². The van der Waals surface area contributed by atoms with Crippen molar-refractivity contribution in [3.8, 4) is 0 Å². The predicted octanol–water partition coefficient (Wildman–Crippen LogP) is 2.66. The highest BCUT2D eigenvalue weighted by Gasteiger charge is 2.41. The van der Waals surface area contributed by atoms with Crippen molar-refractivity contribution in [2.45, 2.75) is 24.6 Å². The Kier molecular flexibility index (Phi) is 2.22. The van der Waals surface area contributed by atoms with E-state index in [4.69, 9.17) is 5.73 Å². The molecule has 82 valence electrons. The minimum atomic E-state index is -4.64. The maximum atomic E-state index is 13.5. The average Bonchev–Trinajstić information content (AvgIpc) is 2.81. The number of alkyl halides is 3. The summed E-state index contributed by atoms with van der Waals surface area (Å²) < 4.78 is 50.5. The van der Waals surface area contributed by atoms with Crippen molar-refractivity contribution in [2.24, 2.45) is 5.73 Å². The van der Waals surface area contributed by atoms with E-state index in [2.05, 4.69) is 0 Å². The van der Waals surface area contributed by atoms with E-state index >= 15 is 0 Å². The smallest absolute Gasteiger partial charge is 0.327 e. The quantitative estimate of drug-likeness (QED) is 0.722. The van der Waals surface area contributed by atoms with Crippen molar-refractivity contribution in [2.75, 3.05) is 0 Å². The molecule has 0 amide bonds. The third kappa shape index (κ3) is 1.84. The fourth-order valence-corrected chi connectivity index (χ4v) is 1.63. The van der Waals surface area contributed by atoms with Crippen LogP contribution in [0.1, 0.15) is 23.5 Å².